The van der Waals surface area contributed by atoms with Crippen molar-refractivity contribution in [3.8, 4) is 5.88 Å². The number of hydrogen-bond donors (Lipinski definition) is 2. The molecule has 19 heavy (non-hydrogen) atoms. The second kappa shape index (κ2) is 6.15. The predicted octanol–water partition coefficient (Wildman–Crippen LogP) is 1.91. The van der Waals surface area contributed by atoms with Crippen LogP contribution in [0.5, 0.6) is 5.88 Å². The number of nitrogens with zero attached hydrogens (tertiary/aromatic N) is 2. The summed E-state index contributed by atoms with van der Waals surface area (Å²) in [6, 6.07) is 10.1. The van der Waals surface area contributed by atoms with Crippen LogP contribution in [0.2, 0.25) is 0 Å². The van der Waals surface area contributed by atoms with Crippen LogP contribution in [0.1, 0.15) is 17.2 Å². The number of nitrogens with one attached hydrogen (secondary N) is 1. The number of ether oxygens (including phenoxy) is 1. The Balaban J connectivity index is 2.24. The summed E-state index contributed by atoms with van der Waals surface area (Å²) in [6.07, 6.45) is 1.48. The maximum absolute atomic E-state index is 5.84. The summed E-state index contributed by atoms with van der Waals surface area (Å²) in [5, 5.41) is 3.33. The number of hydrogen-bond acceptors (Lipinski definition) is 5. The Hall–Kier alpha value is -2.14. The number of aromatic nitrogens is 2. The van der Waals surface area contributed by atoms with Gasteiger partial charge in [0.1, 0.15) is 12.1 Å². The molecule has 2 rings (SSSR count). The molecule has 0 aliphatic carbocycles. The fourth-order valence-electron chi connectivity index (χ4n) is 1.91. The van der Waals surface area contributed by atoms with Crippen molar-refractivity contribution in [2.24, 2.45) is 5.73 Å². The molecule has 0 aliphatic rings. The number of anilines is 1. The van der Waals surface area contributed by atoms with Crippen LogP contribution in [0.3, 0.4) is 0 Å². The van der Waals surface area contributed by atoms with Crippen molar-refractivity contribution in [3.05, 3.63) is 47.8 Å². The van der Waals surface area contributed by atoms with Gasteiger partial charge in [0.2, 0.25) is 5.88 Å². The molecule has 1 heterocycles. The highest BCUT2D eigenvalue weighted by Gasteiger charge is 2.13. The summed E-state index contributed by atoms with van der Waals surface area (Å²) in [4.78, 5) is 8.30. The summed E-state index contributed by atoms with van der Waals surface area (Å²) >= 11 is 0. The molecule has 3 N–H and O–H groups in total. The van der Waals surface area contributed by atoms with Crippen LogP contribution < -0.4 is 15.8 Å². The minimum absolute atomic E-state index is 0.0134. The molecule has 0 aliphatic heterocycles. The summed E-state index contributed by atoms with van der Waals surface area (Å²) in [5.41, 5.74) is 7.84. The Labute approximate surface area is 112 Å². The second-order valence-corrected chi connectivity index (χ2v) is 4.20. The zero-order valence-corrected chi connectivity index (χ0v) is 11.1. The maximum Gasteiger partial charge on any atom is 0.221 e. The van der Waals surface area contributed by atoms with Gasteiger partial charge in [-0.3, -0.25) is 0 Å². The lowest BCUT2D eigenvalue weighted by atomic mass is 10.1. The Bertz CT molecular complexity index is 530. The third kappa shape index (κ3) is 3.00. The molecular weight excluding hydrogens is 240 g/mol. The van der Waals surface area contributed by atoms with E-state index in [0.29, 0.717) is 12.4 Å². The Morgan fingerprint density at radius 2 is 2.00 bits per heavy atom. The Kier molecular flexibility index (Phi) is 4.30. The Morgan fingerprint density at radius 3 is 2.63 bits per heavy atom. The molecule has 0 radical (unpaired) electrons. The van der Waals surface area contributed by atoms with Crippen molar-refractivity contribution in [1.82, 2.24) is 9.97 Å². The molecule has 0 saturated heterocycles. The average molecular weight is 258 g/mol. The normalized spacial score (nSPS) is 11.9. The zero-order chi connectivity index (χ0) is 13.7. The first-order valence-corrected chi connectivity index (χ1v) is 6.13. The maximum atomic E-state index is 5.84. The van der Waals surface area contributed by atoms with Gasteiger partial charge >= 0.3 is 0 Å². The minimum atomic E-state index is 0.0134. The van der Waals surface area contributed by atoms with Crippen LogP contribution in [0, 0.1) is 6.92 Å². The fourth-order valence-corrected chi connectivity index (χ4v) is 1.91. The van der Waals surface area contributed by atoms with E-state index in [-0.39, 0.29) is 6.04 Å². The van der Waals surface area contributed by atoms with Crippen LogP contribution in [-0.4, -0.2) is 23.6 Å². The molecule has 0 fully saturated rings. The molecule has 5 nitrogen and oxygen atoms in total. The molecule has 0 amide bonds. The lowest BCUT2D eigenvalue weighted by Crippen LogP contribution is -2.21. The van der Waals surface area contributed by atoms with Gasteiger partial charge in [-0.05, 0) is 12.5 Å². The number of benzene rings is 1. The fraction of sp³-hybridized carbons (Fsp3) is 0.286. The van der Waals surface area contributed by atoms with Crippen LogP contribution in [0.25, 0.3) is 0 Å². The highest BCUT2D eigenvalue weighted by molar-refractivity contribution is 5.49. The van der Waals surface area contributed by atoms with Crippen LogP contribution in [0.4, 0.5) is 5.82 Å². The van der Waals surface area contributed by atoms with E-state index in [1.165, 1.54) is 6.33 Å². The van der Waals surface area contributed by atoms with E-state index in [9.17, 15) is 0 Å². The largest absolute Gasteiger partial charge is 0.481 e. The monoisotopic (exact) mass is 258 g/mol. The molecule has 1 aromatic carbocycles. The lowest BCUT2D eigenvalue weighted by Gasteiger charge is -2.19. The van der Waals surface area contributed by atoms with Gasteiger partial charge in [-0.25, -0.2) is 9.97 Å². The number of rotatable bonds is 5. The van der Waals surface area contributed by atoms with E-state index >= 15 is 0 Å². The first-order chi connectivity index (χ1) is 9.26. The predicted molar refractivity (Wildman–Crippen MR) is 75.2 cm³/mol. The first-order valence-electron chi connectivity index (χ1n) is 6.13. The van der Waals surface area contributed by atoms with Crippen molar-refractivity contribution in [3.63, 3.8) is 0 Å². The summed E-state index contributed by atoms with van der Waals surface area (Å²) in [6.45, 7) is 2.40. The molecule has 1 atom stereocenters. The topological polar surface area (TPSA) is 73.1 Å². The van der Waals surface area contributed by atoms with Crippen molar-refractivity contribution in [2.45, 2.75) is 13.0 Å². The van der Waals surface area contributed by atoms with Gasteiger partial charge in [0, 0.05) is 6.54 Å². The smallest absolute Gasteiger partial charge is 0.221 e. The van der Waals surface area contributed by atoms with Gasteiger partial charge in [-0.15, -0.1) is 0 Å². The van der Waals surface area contributed by atoms with E-state index in [0.717, 1.165) is 16.9 Å². The zero-order valence-electron chi connectivity index (χ0n) is 11.1. The van der Waals surface area contributed by atoms with Gasteiger partial charge in [0.05, 0.1) is 18.7 Å². The SMILES string of the molecule is COc1ncnc(NC(CN)c2ccccc2)c1C. The molecule has 1 unspecified atom stereocenters. The van der Waals surface area contributed by atoms with Crippen LogP contribution in [0.15, 0.2) is 36.7 Å². The van der Waals surface area contributed by atoms with E-state index in [2.05, 4.69) is 15.3 Å². The van der Waals surface area contributed by atoms with E-state index in [1.54, 1.807) is 7.11 Å². The lowest BCUT2D eigenvalue weighted by molar-refractivity contribution is 0.393. The Morgan fingerprint density at radius 1 is 1.26 bits per heavy atom. The highest BCUT2D eigenvalue weighted by Crippen LogP contribution is 2.24. The van der Waals surface area contributed by atoms with Gasteiger partial charge in [-0.2, -0.15) is 0 Å². The van der Waals surface area contributed by atoms with Crippen LogP contribution in [-0.2, 0) is 0 Å². The summed E-state index contributed by atoms with van der Waals surface area (Å²) in [7, 11) is 1.59. The van der Waals surface area contributed by atoms with Crippen LogP contribution >= 0.6 is 0 Å². The van der Waals surface area contributed by atoms with Gasteiger partial charge in [0.25, 0.3) is 0 Å². The van der Waals surface area contributed by atoms with Crippen molar-refractivity contribution in [2.75, 3.05) is 19.0 Å². The van der Waals surface area contributed by atoms with Gasteiger partial charge < -0.3 is 15.8 Å². The first kappa shape index (κ1) is 13.3. The molecule has 0 bridgehead atoms. The molecule has 5 heteroatoms. The number of methoxy groups -OCH3 is 1. The molecule has 0 spiro atoms. The van der Waals surface area contributed by atoms with Crippen molar-refractivity contribution >= 4 is 5.82 Å². The average Bonchev–Trinajstić information content (AvgIpc) is 2.47. The third-order valence-corrected chi connectivity index (χ3v) is 2.98. The van der Waals surface area contributed by atoms with E-state index < -0.39 is 0 Å². The second-order valence-electron chi connectivity index (χ2n) is 4.20. The van der Waals surface area contributed by atoms with E-state index in [1.807, 2.05) is 37.3 Å². The van der Waals surface area contributed by atoms with Gasteiger partial charge in [-0.1, -0.05) is 30.3 Å². The summed E-state index contributed by atoms with van der Waals surface area (Å²) in [5.74, 6) is 1.31. The number of nitrogens with two attached hydrogens (primary N) is 1. The molecule has 1 aromatic heterocycles. The summed E-state index contributed by atoms with van der Waals surface area (Å²) < 4.78 is 5.18. The standard InChI is InChI=1S/C14H18N4O/c1-10-13(16-9-17-14(10)19-2)18-12(8-15)11-6-4-3-5-7-11/h3-7,9,12H,8,15H2,1-2H3,(H,16,17,18). The van der Waals surface area contributed by atoms with E-state index in [4.69, 9.17) is 10.5 Å². The quantitative estimate of drug-likeness (QED) is 0.857. The molecule has 100 valence electrons. The highest BCUT2D eigenvalue weighted by atomic mass is 16.5. The molecule has 2 aromatic rings. The van der Waals surface area contributed by atoms with Crippen molar-refractivity contribution in [1.29, 1.82) is 0 Å². The van der Waals surface area contributed by atoms with Gasteiger partial charge in [0.15, 0.2) is 0 Å². The minimum Gasteiger partial charge on any atom is -0.481 e. The van der Waals surface area contributed by atoms with Crippen molar-refractivity contribution < 1.29 is 4.74 Å². The third-order valence-electron chi connectivity index (χ3n) is 2.98. The molecular formula is C14H18N4O. The molecule has 0 saturated carbocycles.